The highest BCUT2D eigenvalue weighted by Gasteiger charge is 2.35. The molecule has 1 N–H and O–H groups in total. The Labute approximate surface area is 234 Å². The van der Waals surface area contributed by atoms with E-state index in [1.165, 1.54) is 28.7 Å². The molecule has 2 unspecified atom stereocenters. The van der Waals surface area contributed by atoms with Gasteiger partial charge in [0.25, 0.3) is 5.56 Å². The fourth-order valence-electron chi connectivity index (χ4n) is 5.35. The highest BCUT2D eigenvalue weighted by molar-refractivity contribution is 8.23. The number of thioether (sulfide) groups is 1. The summed E-state index contributed by atoms with van der Waals surface area (Å²) < 4.78 is 2.65. The summed E-state index contributed by atoms with van der Waals surface area (Å²) in [7, 11) is 0. The Morgan fingerprint density at radius 1 is 0.974 bits per heavy atom. The largest absolute Gasteiger partial charge is 0.356 e. The van der Waals surface area contributed by atoms with Gasteiger partial charge in [-0.25, -0.2) is 4.98 Å². The van der Waals surface area contributed by atoms with Gasteiger partial charge in [0.1, 0.15) is 4.32 Å². The standard InChI is InChI=1S/C29H26N4O2S3/c34-26(18-38-29(36)32-14-19-13-23(16-32)25-7-4-8-27(35)33(25)15-19)31-28-30-24(17-37-28)22-11-9-21(10-12-22)20-5-2-1-3-6-20/h1-12,17,19,23H,13-16,18H2,(H,30,31,34). The summed E-state index contributed by atoms with van der Waals surface area (Å²) in [5.74, 6) is 0.803. The van der Waals surface area contributed by atoms with Crippen LogP contribution in [0.15, 0.2) is 83.0 Å². The summed E-state index contributed by atoms with van der Waals surface area (Å²) in [6.45, 7) is 2.34. The molecule has 2 aromatic heterocycles. The third-order valence-electron chi connectivity index (χ3n) is 7.10. The molecule has 38 heavy (non-hydrogen) atoms. The minimum atomic E-state index is -0.119. The number of piperidine rings is 1. The summed E-state index contributed by atoms with van der Waals surface area (Å²) in [5.41, 5.74) is 5.35. The third kappa shape index (κ3) is 5.32. The van der Waals surface area contributed by atoms with Gasteiger partial charge >= 0.3 is 0 Å². The SMILES string of the molecule is O=C(CSC(=S)N1CC2CC(C1)c1cccc(=O)n1C2)Nc1nc(-c2ccc(-c3ccccc3)cc2)cs1. The van der Waals surface area contributed by atoms with Crippen molar-refractivity contribution in [2.24, 2.45) is 5.92 Å². The van der Waals surface area contributed by atoms with Gasteiger partial charge in [-0.15, -0.1) is 11.3 Å². The number of likely N-dealkylation sites (tertiary alicyclic amines) is 1. The van der Waals surface area contributed by atoms with Gasteiger partial charge in [-0.05, 0) is 29.5 Å². The topological polar surface area (TPSA) is 67.2 Å². The molecule has 0 aliphatic carbocycles. The van der Waals surface area contributed by atoms with Crippen molar-refractivity contribution in [2.45, 2.75) is 18.9 Å². The van der Waals surface area contributed by atoms with Crippen LogP contribution in [0.3, 0.4) is 0 Å². The number of hydrogen-bond donors (Lipinski definition) is 1. The van der Waals surface area contributed by atoms with E-state index in [0.29, 0.717) is 17.0 Å². The van der Waals surface area contributed by atoms with Crippen molar-refractivity contribution in [3.8, 4) is 22.4 Å². The first kappa shape index (κ1) is 25.0. The van der Waals surface area contributed by atoms with Crippen LogP contribution < -0.4 is 10.9 Å². The van der Waals surface area contributed by atoms with Crippen LogP contribution in [-0.4, -0.2) is 43.5 Å². The first-order valence-corrected chi connectivity index (χ1v) is 14.8. The van der Waals surface area contributed by atoms with Crippen LogP contribution in [0.4, 0.5) is 5.13 Å². The summed E-state index contributed by atoms with van der Waals surface area (Å²) >= 11 is 8.51. The van der Waals surface area contributed by atoms with E-state index >= 15 is 0 Å². The Balaban J connectivity index is 1.02. The van der Waals surface area contributed by atoms with E-state index in [4.69, 9.17) is 12.2 Å². The number of hydrogen-bond acceptors (Lipinski definition) is 6. The lowest BCUT2D eigenvalue weighted by atomic mass is 9.83. The number of carbonyl (C=O) groups excluding carboxylic acids is 1. The van der Waals surface area contributed by atoms with Crippen molar-refractivity contribution in [1.82, 2.24) is 14.5 Å². The van der Waals surface area contributed by atoms with E-state index in [0.717, 1.165) is 52.9 Å². The third-order valence-corrected chi connectivity index (χ3v) is 9.38. The second-order valence-electron chi connectivity index (χ2n) is 9.69. The lowest BCUT2D eigenvalue weighted by Crippen LogP contribution is -2.48. The minimum Gasteiger partial charge on any atom is -0.356 e. The van der Waals surface area contributed by atoms with E-state index in [1.807, 2.05) is 34.2 Å². The van der Waals surface area contributed by atoms with Crippen LogP contribution in [0, 0.1) is 5.92 Å². The number of nitrogens with zero attached hydrogens (tertiary/aromatic N) is 3. The lowest BCUT2D eigenvalue weighted by Gasteiger charge is -2.43. The van der Waals surface area contributed by atoms with Gasteiger partial charge < -0.3 is 14.8 Å². The Morgan fingerprint density at radius 2 is 1.74 bits per heavy atom. The normalized spacial score (nSPS) is 18.1. The number of aromatic nitrogens is 2. The summed E-state index contributed by atoms with van der Waals surface area (Å²) in [5, 5.41) is 5.46. The number of carbonyl (C=O) groups is 1. The van der Waals surface area contributed by atoms with Crippen molar-refractivity contribution in [3.05, 3.63) is 94.2 Å². The van der Waals surface area contributed by atoms with Gasteiger partial charge in [0, 0.05) is 48.3 Å². The van der Waals surface area contributed by atoms with Crippen molar-refractivity contribution in [2.75, 3.05) is 24.2 Å². The fourth-order valence-corrected chi connectivity index (χ4v) is 7.07. The molecule has 192 valence electrons. The molecule has 6 nitrogen and oxygen atoms in total. The number of fused-ring (bicyclic) bond motifs is 4. The number of benzene rings is 2. The Morgan fingerprint density at radius 3 is 2.55 bits per heavy atom. The summed E-state index contributed by atoms with van der Waals surface area (Å²) in [6.07, 6.45) is 1.08. The Hall–Kier alpha value is -3.27. The summed E-state index contributed by atoms with van der Waals surface area (Å²) in [4.78, 5) is 31.7. The summed E-state index contributed by atoms with van der Waals surface area (Å²) in [6, 6.07) is 24.1. The van der Waals surface area contributed by atoms with Crippen LogP contribution >= 0.6 is 35.3 Å². The number of thiazole rings is 1. The van der Waals surface area contributed by atoms with Crippen LogP contribution in [-0.2, 0) is 11.3 Å². The molecule has 0 saturated carbocycles. The smallest absolute Gasteiger partial charge is 0.250 e. The number of rotatable bonds is 5. The second-order valence-corrected chi connectivity index (χ2v) is 12.2. The Bertz CT molecular complexity index is 1530. The predicted molar refractivity (Wildman–Crippen MR) is 160 cm³/mol. The maximum absolute atomic E-state index is 12.7. The average Bonchev–Trinajstić information content (AvgIpc) is 3.41. The highest BCUT2D eigenvalue weighted by Crippen LogP contribution is 2.36. The zero-order valence-corrected chi connectivity index (χ0v) is 23.0. The molecule has 4 aromatic rings. The molecular weight excluding hydrogens is 533 g/mol. The quantitative estimate of drug-likeness (QED) is 0.316. The number of amides is 1. The molecule has 2 aliphatic rings. The number of nitrogens with one attached hydrogen (secondary N) is 1. The maximum atomic E-state index is 12.7. The number of pyridine rings is 1. The van der Waals surface area contributed by atoms with Crippen molar-refractivity contribution < 1.29 is 4.79 Å². The van der Waals surface area contributed by atoms with E-state index in [-0.39, 0.29) is 17.2 Å². The zero-order valence-electron chi connectivity index (χ0n) is 20.6. The lowest BCUT2D eigenvalue weighted by molar-refractivity contribution is -0.113. The van der Waals surface area contributed by atoms with Gasteiger partial charge in [0.05, 0.1) is 11.4 Å². The molecular formula is C29H26N4O2S3. The van der Waals surface area contributed by atoms with Gasteiger partial charge in [0.2, 0.25) is 5.91 Å². The molecule has 4 heterocycles. The minimum absolute atomic E-state index is 0.0776. The van der Waals surface area contributed by atoms with Crippen molar-refractivity contribution in [3.63, 3.8) is 0 Å². The first-order valence-electron chi connectivity index (χ1n) is 12.6. The van der Waals surface area contributed by atoms with Gasteiger partial charge in [-0.2, -0.15) is 0 Å². The molecule has 1 fully saturated rings. The number of thiocarbonyl (C=S) groups is 1. The number of anilines is 1. The predicted octanol–water partition coefficient (Wildman–Crippen LogP) is 5.71. The van der Waals surface area contributed by atoms with E-state index in [2.05, 4.69) is 57.7 Å². The Kier molecular flexibility index (Phi) is 7.14. The first-order chi connectivity index (χ1) is 18.5. The van der Waals surface area contributed by atoms with Gasteiger partial charge in [-0.3, -0.25) is 9.59 Å². The monoisotopic (exact) mass is 558 g/mol. The molecule has 0 radical (unpaired) electrons. The van der Waals surface area contributed by atoms with Gasteiger partial charge in [-0.1, -0.05) is 84.6 Å². The van der Waals surface area contributed by atoms with Crippen molar-refractivity contribution >= 4 is 50.7 Å². The molecule has 1 saturated heterocycles. The second kappa shape index (κ2) is 10.8. The molecule has 2 atom stereocenters. The average molecular weight is 559 g/mol. The fraction of sp³-hybridized carbons (Fsp3) is 0.241. The van der Waals surface area contributed by atoms with Crippen LogP contribution in [0.25, 0.3) is 22.4 Å². The maximum Gasteiger partial charge on any atom is 0.250 e. The van der Waals surface area contributed by atoms with E-state index in [1.54, 1.807) is 6.07 Å². The molecule has 0 spiro atoms. The van der Waals surface area contributed by atoms with Gasteiger partial charge in [0.15, 0.2) is 5.13 Å². The van der Waals surface area contributed by atoms with E-state index < -0.39 is 0 Å². The van der Waals surface area contributed by atoms with Crippen LogP contribution in [0.5, 0.6) is 0 Å². The van der Waals surface area contributed by atoms with Crippen molar-refractivity contribution in [1.29, 1.82) is 0 Å². The van der Waals surface area contributed by atoms with Crippen LogP contribution in [0.1, 0.15) is 18.0 Å². The zero-order chi connectivity index (χ0) is 26.1. The molecule has 1 amide bonds. The molecule has 6 rings (SSSR count). The molecule has 2 aromatic carbocycles. The highest BCUT2D eigenvalue weighted by atomic mass is 32.2. The van der Waals surface area contributed by atoms with Crippen LogP contribution in [0.2, 0.25) is 0 Å². The van der Waals surface area contributed by atoms with E-state index in [9.17, 15) is 9.59 Å². The molecule has 2 bridgehead atoms. The molecule has 9 heteroatoms. The molecule has 2 aliphatic heterocycles.